The van der Waals surface area contributed by atoms with Gasteiger partial charge in [0.05, 0.1) is 11.6 Å². The molecule has 23 heavy (non-hydrogen) atoms. The van der Waals surface area contributed by atoms with E-state index in [2.05, 4.69) is 48.4 Å². The molecule has 1 N–H and O–H groups in total. The minimum atomic E-state index is -0.0822. The first-order valence-corrected chi connectivity index (χ1v) is 9.12. The summed E-state index contributed by atoms with van der Waals surface area (Å²) in [7, 11) is 0. The summed E-state index contributed by atoms with van der Waals surface area (Å²) in [6, 6.07) is 12.1. The molecule has 0 bridgehead atoms. The summed E-state index contributed by atoms with van der Waals surface area (Å²) >= 11 is 1.48. The monoisotopic (exact) mass is 328 g/mol. The zero-order chi connectivity index (χ0) is 16.8. The minimum absolute atomic E-state index is 0.0366. The lowest BCUT2D eigenvalue weighted by Gasteiger charge is -2.16. The third kappa shape index (κ3) is 4.83. The van der Waals surface area contributed by atoms with Gasteiger partial charge in [-0.1, -0.05) is 38.1 Å². The van der Waals surface area contributed by atoms with E-state index in [1.807, 2.05) is 19.2 Å². The molecule has 0 aliphatic heterocycles. The molecule has 1 unspecified atom stereocenters. The van der Waals surface area contributed by atoms with Gasteiger partial charge in [-0.2, -0.15) is 0 Å². The van der Waals surface area contributed by atoms with E-state index >= 15 is 0 Å². The fraction of sp³-hybridized carbons (Fsp3) is 0.368. The molecule has 0 saturated carbocycles. The van der Waals surface area contributed by atoms with Crippen LogP contribution in [-0.2, 0) is 6.42 Å². The molecule has 2 aromatic rings. The van der Waals surface area contributed by atoms with Gasteiger partial charge in [0.15, 0.2) is 0 Å². The molecule has 122 valence electrons. The SMILES string of the molecule is CSc1ncccc1C(=O)NC(C)c1ccc(CC(C)C)cc1. The highest BCUT2D eigenvalue weighted by Crippen LogP contribution is 2.19. The number of carbonyl (C=O) groups excluding carboxylic acids is 1. The Morgan fingerprint density at radius 3 is 2.48 bits per heavy atom. The number of rotatable bonds is 6. The van der Waals surface area contributed by atoms with Gasteiger partial charge in [0, 0.05) is 6.20 Å². The van der Waals surface area contributed by atoms with E-state index in [0.717, 1.165) is 17.0 Å². The second kappa shape index (κ2) is 8.16. The van der Waals surface area contributed by atoms with Gasteiger partial charge in [-0.25, -0.2) is 4.98 Å². The summed E-state index contributed by atoms with van der Waals surface area (Å²) in [5.41, 5.74) is 3.07. The van der Waals surface area contributed by atoms with Crippen LogP contribution in [0.25, 0.3) is 0 Å². The standard InChI is InChI=1S/C19H24N2OS/c1-13(2)12-15-7-9-16(10-8-15)14(3)21-18(22)17-6-5-11-20-19(17)23-4/h5-11,13-14H,12H2,1-4H3,(H,21,22). The summed E-state index contributed by atoms with van der Waals surface area (Å²) in [5, 5.41) is 3.81. The summed E-state index contributed by atoms with van der Waals surface area (Å²) < 4.78 is 0. The third-order valence-corrected chi connectivity index (χ3v) is 4.39. The number of pyridine rings is 1. The van der Waals surface area contributed by atoms with Crippen molar-refractivity contribution < 1.29 is 4.79 Å². The topological polar surface area (TPSA) is 42.0 Å². The van der Waals surface area contributed by atoms with Crippen LogP contribution in [0.5, 0.6) is 0 Å². The Bertz CT molecular complexity index is 653. The fourth-order valence-corrected chi connectivity index (χ4v) is 3.04. The van der Waals surface area contributed by atoms with Crippen molar-refractivity contribution in [2.24, 2.45) is 5.92 Å². The van der Waals surface area contributed by atoms with Gasteiger partial charge in [0.2, 0.25) is 0 Å². The summed E-state index contributed by atoms with van der Waals surface area (Å²) in [6.07, 6.45) is 4.71. The molecule has 0 radical (unpaired) electrons. The van der Waals surface area contributed by atoms with Crippen LogP contribution in [0.2, 0.25) is 0 Å². The zero-order valence-corrected chi connectivity index (χ0v) is 15.0. The summed E-state index contributed by atoms with van der Waals surface area (Å²) in [6.45, 7) is 6.44. The number of thioether (sulfide) groups is 1. The van der Waals surface area contributed by atoms with Crippen molar-refractivity contribution in [2.75, 3.05) is 6.26 Å². The normalized spacial score (nSPS) is 12.2. The highest BCUT2D eigenvalue weighted by atomic mass is 32.2. The van der Waals surface area contributed by atoms with E-state index in [1.165, 1.54) is 17.3 Å². The van der Waals surface area contributed by atoms with Crippen molar-refractivity contribution in [3.8, 4) is 0 Å². The Morgan fingerprint density at radius 1 is 1.17 bits per heavy atom. The summed E-state index contributed by atoms with van der Waals surface area (Å²) in [5.74, 6) is 0.565. The molecule has 4 heteroatoms. The minimum Gasteiger partial charge on any atom is -0.345 e. The predicted molar refractivity (Wildman–Crippen MR) is 96.9 cm³/mol. The molecule has 3 nitrogen and oxygen atoms in total. The highest BCUT2D eigenvalue weighted by Gasteiger charge is 2.15. The highest BCUT2D eigenvalue weighted by molar-refractivity contribution is 7.98. The van der Waals surface area contributed by atoms with Gasteiger partial charge in [-0.05, 0) is 48.8 Å². The molecule has 0 fully saturated rings. The fourth-order valence-electron chi connectivity index (χ4n) is 2.50. The second-order valence-corrected chi connectivity index (χ2v) is 6.89. The van der Waals surface area contributed by atoms with Crippen LogP contribution in [-0.4, -0.2) is 17.1 Å². The Labute approximate surface area is 142 Å². The molecular formula is C19H24N2OS. The van der Waals surface area contributed by atoms with Crippen molar-refractivity contribution in [1.29, 1.82) is 0 Å². The first-order chi connectivity index (χ1) is 11.0. The maximum Gasteiger partial charge on any atom is 0.254 e. The van der Waals surface area contributed by atoms with Crippen molar-refractivity contribution in [1.82, 2.24) is 10.3 Å². The quantitative estimate of drug-likeness (QED) is 0.794. The lowest BCUT2D eigenvalue weighted by atomic mass is 10.00. The van der Waals surface area contributed by atoms with Gasteiger partial charge in [-0.3, -0.25) is 4.79 Å². The Balaban J connectivity index is 2.06. The van der Waals surface area contributed by atoms with Crippen LogP contribution in [0.4, 0.5) is 0 Å². The van der Waals surface area contributed by atoms with E-state index in [-0.39, 0.29) is 11.9 Å². The van der Waals surface area contributed by atoms with Crippen molar-refractivity contribution in [3.05, 3.63) is 59.3 Å². The van der Waals surface area contributed by atoms with Crippen molar-refractivity contribution >= 4 is 17.7 Å². The molecule has 1 amide bonds. The number of nitrogens with one attached hydrogen (secondary N) is 1. The number of amides is 1. The number of benzene rings is 1. The number of nitrogens with zero attached hydrogens (tertiary/aromatic N) is 1. The van der Waals surface area contributed by atoms with Crippen molar-refractivity contribution in [3.63, 3.8) is 0 Å². The first-order valence-electron chi connectivity index (χ1n) is 7.90. The number of carbonyl (C=O) groups is 1. The van der Waals surface area contributed by atoms with Crippen LogP contribution in [0.15, 0.2) is 47.6 Å². The zero-order valence-electron chi connectivity index (χ0n) is 14.2. The maximum atomic E-state index is 12.5. The van der Waals surface area contributed by atoms with Gasteiger partial charge >= 0.3 is 0 Å². The van der Waals surface area contributed by atoms with E-state index < -0.39 is 0 Å². The summed E-state index contributed by atoms with van der Waals surface area (Å²) in [4.78, 5) is 16.7. The van der Waals surface area contributed by atoms with E-state index in [1.54, 1.807) is 12.3 Å². The van der Waals surface area contributed by atoms with Crippen LogP contribution >= 0.6 is 11.8 Å². The van der Waals surface area contributed by atoms with E-state index in [4.69, 9.17) is 0 Å². The van der Waals surface area contributed by atoms with Crippen LogP contribution < -0.4 is 5.32 Å². The first kappa shape index (κ1) is 17.5. The Hall–Kier alpha value is -1.81. The van der Waals surface area contributed by atoms with Crippen molar-refractivity contribution in [2.45, 2.75) is 38.3 Å². The Kier molecular flexibility index (Phi) is 6.22. The lowest BCUT2D eigenvalue weighted by Crippen LogP contribution is -2.27. The maximum absolute atomic E-state index is 12.5. The second-order valence-electron chi connectivity index (χ2n) is 6.09. The number of aromatic nitrogens is 1. The van der Waals surface area contributed by atoms with Gasteiger partial charge < -0.3 is 5.32 Å². The van der Waals surface area contributed by atoms with Gasteiger partial charge in [0.1, 0.15) is 5.03 Å². The molecule has 1 aromatic carbocycles. The predicted octanol–water partition coefficient (Wildman–Crippen LogP) is 4.49. The molecule has 1 heterocycles. The Morgan fingerprint density at radius 2 is 1.87 bits per heavy atom. The molecule has 0 spiro atoms. The largest absolute Gasteiger partial charge is 0.345 e. The van der Waals surface area contributed by atoms with Crippen LogP contribution in [0, 0.1) is 5.92 Å². The average Bonchev–Trinajstić information content (AvgIpc) is 2.54. The molecule has 2 rings (SSSR count). The number of hydrogen-bond acceptors (Lipinski definition) is 3. The number of hydrogen-bond donors (Lipinski definition) is 1. The van der Waals surface area contributed by atoms with Crippen LogP contribution in [0.1, 0.15) is 48.3 Å². The van der Waals surface area contributed by atoms with Gasteiger partial charge in [0.25, 0.3) is 5.91 Å². The lowest BCUT2D eigenvalue weighted by molar-refractivity contribution is 0.0936. The average molecular weight is 328 g/mol. The van der Waals surface area contributed by atoms with Crippen LogP contribution in [0.3, 0.4) is 0 Å². The smallest absolute Gasteiger partial charge is 0.254 e. The van der Waals surface area contributed by atoms with Gasteiger partial charge in [-0.15, -0.1) is 11.8 Å². The molecule has 1 aromatic heterocycles. The molecule has 0 aliphatic carbocycles. The third-order valence-electron chi connectivity index (χ3n) is 3.68. The molecule has 1 atom stereocenters. The molecule has 0 aliphatic rings. The molecule has 0 saturated heterocycles. The van der Waals surface area contributed by atoms with E-state index in [0.29, 0.717) is 11.5 Å². The molecular weight excluding hydrogens is 304 g/mol. The van der Waals surface area contributed by atoms with E-state index in [9.17, 15) is 4.79 Å².